The summed E-state index contributed by atoms with van der Waals surface area (Å²) in [5.41, 5.74) is 0.403. The Morgan fingerprint density at radius 1 is 1.20 bits per heavy atom. The number of rotatable bonds is 3. The van der Waals surface area contributed by atoms with Crippen LogP contribution in [0.25, 0.3) is 0 Å². The first-order valence-corrected chi connectivity index (χ1v) is 5.12. The number of aromatic nitrogens is 2. The first kappa shape index (κ1) is 11.6. The fourth-order valence-corrected chi connectivity index (χ4v) is 1.61. The largest absolute Gasteiger partial charge is 0.332 e. The molecule has 1 rings (SSSR count). The zero-order chi connectivity index (χ0) is 11.4. The SMILES string of the molecule is CC(C)N(C(=O)c1cnccn1)C(C)C. The van der Waals surface area contributed by atoms with Crippen molar-refractivity contribution in [1.29, 1.82) is 0 Å². The highest BCUT2D eigenvalue weighted by molar-refractivity contribution is 5.92. The minimum absolute atomic E-state index is 0.0619. The quantitative estimate of drug-likeness (QED) is 0.758. The summed E-state index contributed by atoms with van der Waals surface area (Å²) in [6.45, 7) is 7.98. The van der Waals surface area contributed by atoms with Crippen molar-refractivity contribution in [3.63, 3.8) is 0 Å². The second-order valence-corrected chi connectivity index (χ2v) is 3.99. The third-order valence-corrected chi connectivity index (χ3v) is 2.13. The number of hydrogen-bond acceptors (Lipinski definition) is 3. The molecule has 0 N–H and O–H groups in total. The number of amides is 1. The lowest BCUT2D eigenvalue weighted by Crippen LogP contribution is -2.42. The molecule has 4 nitrogen and oxygen atoms in total. The number of nitrogens with zero attached hydrogens (tertiary/aromatic N) is 3. The Bertz CT molecular complexity index is 314. The van der Waals surface area contributed by atoms with Crippen molar-refractivity contribution in [3.05, 3.63) is 24.3 Å². The minimum Gasteiger partial charge on any atom is -0.332 e. The van der Waals surface area contributed by atoms with Gasteiger partial charge < -0.3 is 4.90 Å². The lowest BCUT2D eigenvalue weighted by molar-refractivity contribution is 0.0637. The van der Waals surface area contributed by atoms with Gasteiger partial charge in [0.1, 0.15) is 5.69 Å². The molecule has 82 valence electrons. The predicted molar refractivity (Wildman–Crippen MR) is 58.5 cm³/mol. The number of carbonyl (C=O) groups excluding carboxylic acids is 1. The van der Waals surface area contributed by atoms with Crippen LogP contribution in [0, 0.1) is 0 Å². The van der Waals surface area contributed by atoms with Crippen molar-refractivity contribution >= 4 is 5.91 Å². The van der Waals surface area contributed by atoms with Crippen LogP contribution in [-0.2, 0) is 0 Å². The Morgan fingerprint density at radius 3 is 2.20 bits per heavy atom. The summed E-state index contributed by atoms with van der Waals surface area (Å²) in [7, 11) is 0. The molecule has 0 saturated carbocycles. The highest BCUT2D eigenvalue weighted by Gasteiger charge is 2.22. The van der Waals surface area contributed by atoms with E-state index in [1.807, 2.05) is 27.7 Å². The van der Waals surface area contributed by atoms with E-state index in [4.69, 9.17) is 0 Å². The van der Waals surface area contributed by atoms with Gasteiger partial charge in [0, 0.05) is 24.5 Å². The van der Waals surface area contributed by atoms with Gasteiger partial charge in [0.2, 0.25) is 0 Å². The van der Waals surface area contributed by atoms with E-state index >= 15 is 0 Å². The first-order chi connectivity index (χ1) is 7.04. The van der Waals surface area contributed by atoms with Gasteiger partial charge >= 0.3 is 0 Å². The van der Waals surface area contributed by atoms with E-state index in [9.17, 15) is 4.79 Å². The van der Waals surface area contributed by atoms with Crippen LogP contribution in [0.1, 0.15) is 38.2 Å². The van der Waals surface area contributed by atoms with Crippen LogP contribution in [0.15, 0.2) is 18.6 Å². The van der Waals surface area contributed by atoms with E-state index in [-0.39, 0.29) is 18.0 Å². The Labute approximate surface area is 90.3 Å². The zero-order valence-electron chi connectivity index (χ0n) is 9.64. The Hall–Kier alpha value is -1.45. The van der Waals surface area contributed by atoms with Gasteiger partial charge in [-0.15, -0.1) is 0 Å². The molecule has 1 aromatic rings. The molecule has 1 amide bonds. The van der Waals surface area contributed by atoms with E-state index < -0.39 is 0 Å². The summed E-state index contributed by atoms with van der Waals surface area (Å²) in [4.78, 5) is 21.8. The average Bonchev–Trinajstić information content (AvgIpc) is 2.18. The highest BCUT2D eigenvalue weighted by Crippen LogP contribution is 2.09. The smallest absolute Gasteiger partial charge is 0.274 e. The van der Waals surface area contributed by atoms with E-state index in [1.165, 1.54) is 12.4 Å². The summed E-state index contributed by atoms with van der Waals surface area (Å²) in [5, 5.41) is 0. The molecule has 0 radical (unpaired) electrons. The second-order valence-electron chi connectivity index (χ2n) is 3.99. The van der Waals surface area contributed by atoms with Gasteiger partial charge in [-0.25, -0.2) is 4.98 Å². The number of carbonyl (C=O) groups is 1. The second kappa shape index (κ2) is 4.87. The maximum absolute atomic E-state index is 12.1. The third-order valence-electron chi connectivity index (χ3n) is 2.13. The molecule has 0 aliphatic heterocycles. The lowest BCUT2D eigenvalue weighted by atomic mass is 10.2. The van der Waals surface area contributed by atoms with Crippen LogP contribution >= 0.6 is 0 Å². The maximum Gasteiger partial charge on any atom is 0.274 e. The van der Waals surface area contributed by atoms with Crippen molar-refractivity contribution in [1.82, 2.24) is 14.9 Å². The molecule has 15 heavy (non-hydrogen) atoms. The molecular weight excluding hydrogens is 190 g/mol. The summed E-state index contributed by atoms with van der Waals surface area (Å²) >= 11 is 0. The van der Waals surface area contributed by atoms with Crippen LogP contribution in [0.5, 0.6) is 0 Å². The topological polar surface area (TPSA) is 46.1 Å². The van der Waals surface area contributed by atoms with Gasteiger partial charge in [-0.3, -0.25) is 9.78 Å². The molecule has 0 aliphatic rings. The van der Waals surface area contributed by atoms with Gasteiger partial charge in [0.05, 0.1) is 6.20 Å². The summed E-state index contributed by atoms with van der Waals surface area (Å²) < 4.78 is 0. The van der Waals surface area contributed by atoms with E-state index in [0.717, 1.165) is 0 Å². The molecule has 0 saturated heterocycles. The first-order valence-electron chi connectivity index (χ1n) is 5.12. The maximum atomic E-state index is 12.1. The van der Waals surface area contributed by atoms with Gasteiger partial charge in [-0.2, -0.15) is 0 Å². The van der Waals surface area contributed by atoms with E-state index in [0.29, 0.717) is 5.69 Å². The molecule has 4 heteroatoms. The summed E-state index contributed by atoms with van der Waals surface area (Å²) in [5.74, 6) is -0.0619. The molecule has 0 aromatic carbocycles. The van der Waals surface area contributed by atoms with Crippen LogP contribution < -0.4 is 0 Å². The normalized spacial score (nSPS) is 10.8. The molecule has 1 heterocycles. The Morgan fingerprint density at radius 2 is 1.80 bits per heavy atom. The van der Waals surface area contributed by atoms with Crippen molar-refractivity contribution in [3.8, 4) is 0 Å². The van der Waals surface area contributed by atoms with Gasteiger partial charge in [-0.05, 0) is 27.7 Å². The zero-order valence-corrected chi connectivity index (χ0v) is 9.64. The standard InChI is InChI=1S/C11H17N3O/c1-8(2)14(9(3)4)11(15)10-7-12-5-6-13-10/h5-9H,1-4H3. The third kappa shape index (κ3) is 2.75. The molecule has 0 atom stereocenters. The van der Waals surface area contributed by atoms with Crippen LogP contribution in [0.2, 0.25) is 0 Å². The van der Waals surface area contributed by atoms with Gasteiger partial charge in [0.25, 0.3) is 5.91 Å². The number of hydrogen-bond donors (Lipinski definition) is 0. The Kier molecular flexibility index (Phi) is 3.77. The van der Waals surface area contributed by atoms with Crippen molar-refractivity contribution < 1.29 is 4.79 Å². The van der Waals surface area contributed by atoms with Crippen LogP contribution in [0.4, 0.5) is 0 Å². The summed E-state index contributed by atoms with van der Waals surface area (Å²) in [6.07, 6.45) is 4.60. The molecule has 0 bridgehead atoms. The molecule has 0 unspecified atom stereocenters. The molecule has 1 aromatic heterocycles. The van der Waals surface area contributed by atoms with Gasteiger partial charge in [-0.1, -0.05) is 0 Å². The molecule has 0 fully saturated rings. The monoisotopic (exact) mass is 207 g/mol. The molecule has 0 aliphatic carbocycles. The van der Waals surface area contributed by atoms with E-state index in [2.05, 4.69) is 9.97 Å². The van der Waals surface area contributed by atoms with Crippen molar-refractivity contribution in [2.75, 3.05) is 0 Å². The lowest BCUT2D eigenvalue weighted by Gasteiger charge is -2.30. The molecule has 0 spiro atoms. The van der Waals surface area contributed by atoms with Gasteiger partial charge in [0.15, 0.2) is 0 Å². The summed E-state index contributed by atoms with van der Waals surface area (Å²) in [6, 6.07) is 0.332. The molecular formula is C11H17N3O. The van der Waals surface area contributed by atoms with Crippen molar-refractivity contribution in [2.45, 2.75) is 39.8 Å². The fourth-order valence-electron chi connectivity index (χ4n) is 1.61. The average molecular weight is 207 g/mol. The Balaban J connectivity index is 2.92. The predicted octanol–water partition coefficient (Wildman–Crippen LogP) is 1.74. The fraction of sp³-hybridized carbons (Fsp3) is 0.545. The van der Waals surface area contributed by atoms with E-state index in [1.54, 1.807) is 11.1 Å². The van der Waals surface area contributed by atoms with Crippen LogP contribution in [-0.4, -0.2) is 32.9 Å². The van der Waals surface area contributed by atoms with Crippen molar-refractivity contribution in [2.24, 2.45) is 0 Å². The van der Waals surface area contributed by atoms with Crippen LogP contribution in [0.3, 0.4) is 0 Å². The highest BCUT2D eigenvalue weighted by atomic mass is 16.2. The minimum atomic E-state index is -0.0619.